The van der Waals surface area contributed by atoms with Crippen molar-refractivity contribution < 1.29 is 80.2 Å². The van der Waals surface area contributed by atoms with Gasteiger partial charge in [0, 0.05) is 25.7 Å². The first-order valence-corrected chi connectivity index (χ1v) is 44.4. The predicted octanol–water partition coefficient (Wildman–Crippen LogP) is 23.7. The maximum absolute atomic E-state index is 13.1. The summed E-state index contributed by atoms with van der Waals surface area (Å²) in [6.07, 6.45) is 58.3. The van der Waals surface area contributed by atoms with Crippen molar-refractivity contribution >= 4 is 39.5 Å². The van der Waals surface area contributed by atoms with Crippen molar-refractivity contribution in [1.82, 2.24) is 0 Å². The Kier molecular flexibility index (Phi) is 69.0. The van der Waals surface area contributed by atoms with E-state index in [0.29, 0.717) is 25.7 Å². The highest BCUT2D eigenvalue weighted by Crippen LogP contribution is 2.45. The van der Waals surface area contributed by atoms with Gasteiger partial charge in [-0.15, -0.1) is 0 Å². The van der Waals surface area contributed by atoms with Gasteiger partial charge in [0.05, 0.1) is 26.4 Å². The van der Waals surface area contributed by atoms with Gasteiger partial charge in [0.2, 0.25) is 0 Å². The zero-order valence-electron chi connectivity index (χ0n) is 65.0. The van der Waals surface area contributed by atoms with Gasteiger partial charge in [-0.3, -0.25) is 37.3 Å². The summed E-state index contributed by atoms with van der Waals surface area (Å²) < 4.78 is 68.6. The van der Waals surface area contributed by atoms with Gasteiger partial charge in [-0.2, -0.15) is 0 Å². The highest BCUT2D eigenvalue weighted by molar-refractivity contribution is 7.47. The van der Waals surface area contributed by atoms with E-state index in [9.17, 15) is 43.2 Å². The molecular weight excluding hydrogens is 1290 g/mol. The van der Waals surface area contributed by atoms with Crippen LogP contribution in [0.25, 0.3) is 0 Å². The number of carbonyl (C=O) groups is 4. The monoisotopic (exact) mass is 1450 g/mol. The van der Waals surface area contributed by atoms with E-state index in [-0.39, 0.29) is 25.7 Å². The first-order chi connectivity index (χ1) is 47.8. The number of esters is 4. The van der Waals surface area contributed by atoms with Crippen molar-refractivity contribution in [2.45, 2.75) is 433 Å². The van der Waals surface area contributed by atoms with Crippen LogP contribution in [0.3, 0.4) is 0 Å². The molecule has 0 heterocycles. The molecule has 0 spiro atoms. The number of aliphatic hydroxyl groups is 1. The van der Waals surface area contributed by atoms with E-state index >= 15 is 0 Å². The summed E-state index contributed by atoms with van der Waals surface area (Å²) in [5.74, 6) is 0.291. The van der Waals surface area contributed by atoms with Crippen LogP contribution in [0.2, 0.25) is 0 Å². The summed E-state index contributed by atoms with van der Waals surface area (Å²) >= 11 is 0. The molecule has 19 heteroatoms. The van der Waals surface area contributed by atoms with E-state index in [1.807, 2.05) is 0 Å². The normalized spacial score (nSPS) is 14.3. The van der Waals surface area contributed by atoms with Gasteiger partial charge in [-0.25, -0.2) is 9.13 Å². The minimum Gasteiger partial charge on any atom is -0.462 e. The molecule has 0 radical (unpaired) electrons. The fourth-order valence-corrected chi connectivity index (χ4v) is 13.9. The van der Waals surface area contributed by atoms with Crippen LogP contribution in [-0.4, -0.2) is 96.7 Å². The molecule has 17 nitrogen and oxygen atoms in total. The number of aliphatic hydroxyl groups excluding tert-OH is 1. The molecule has 0 amide bonds. The van der Waals surface area contributed by atoms with Crippen LogP contribution in [0.1, 0.15) is 414 Å². The van der Waals surface area contributed by atoms with Gasteiger partial charge in [0.25, 0.3) is 0 Å². The number of carbonyl (C=O) groups excluding carboxylic acids is 4. The van der Waals surface area contributed by atoms with Gasteiger partial charge < -0.3 is 33.8 Å². The molecule has 0 aliphatic rings. The van der Waals surface area contributed by atoms with Crippen LogP contribution in [-0.2, 0) is 65.4 Å². The Morgan fingerprint density at radius 2 is 0.515 bits per heavy atom. The zero-order valence-corrected chi connectivity index (χ0v) is 66.8. The number of rotatable bonds is 78. The second-order valence-corrected chi connectivity index (χ2v) is 32.9. The average molecular weight is 1450 g/mol. The maximum atomic E-state index is 13.1. The van der Waals surface area contributed by atoms with Crippen molar-refractivity contribution in [2.24, 2.45) is 17.8 Å². The van der Waals surface area contributed by atoms with Gasteiger partial charge in [0.1, 0.15) is 19.3 Å². The number of phosphoric ester groups is 2. The molecule has 0 aromatic rings. The molecule has 0 rings (SSSR count). The molecule has 0 aliphatic carbocycles. The fourth-order valence-electron chi connectivity index (χ4n) is 12.3. The number of hydrogen-bond acceptors (Lipinski definition) is 15. The third kappa shape index (κ3) is 72.8. The van der Waals surface area contributed by atoms with E-state index in [1.54, 1.807) is 0 Å². The lowest BCUT2D eigenvalue weighted by Gasteiger charge is -2.21. The van der Waals surface area contributed by atoms with Crippen LogP contribution in [0.4, 0.5) is 0 Å². The molecule has 0 aromatic carbocycles. The highest BCUT2D eigenvalue weighted by Gasteiger charge is 2.30. The van der Waals surface area contributed by atoms with E-state index in [4.69, 9.17) is 37.0 Å². The Balaban J connectivity index is 5.20. The van der Waals surface area contributed by atoms with Crippen molar-refractivity contribution in [3.05, 3.63) is 0 Å². The van der Waals surface area contributed by atoms with Crippen LogP contribution >= 0.6 is 15.6 Å². The Bertz CT molecular complexity index is 1920. The van der Waals surface area contributed by atoms with Gasteiger partial charge in [0.15, 0.2) is 12.2 Å². The van der Waals surface area contributed by atoms with Crippen molar-refractivity contribution in [3.8, 4) is 0 Å². The summed E-state index contributed by atoms with van der Waals surface area (Å²) in [5.41, 5.74) is 0. The van der Waals surface area contributed by atoms with E-state index < -0.39 is 97.5 Å². The van der Waals surface area contributed by atoms with E-state index in [2.05, 4.69) is 48.5 Å². The smallest absolute Gasteiger partial charge is 0.462 e. The molecule has 3 N–H and O–H groups in total. The number of ether oxygens (including phenoxy) is 4. The lowest BCUT2D eigenvalue weighted by atomic mass is 9.99. The van der Waals surface area contributed by atoms with Crippen LogP contribution in [0.15, 0.2) is 0 Å². The lowest BCUT2D eigenvalue weighted by molar-refractivity contribution is -0.161. The SMILES string of the molecule is CCCCCCCCCCCC(=O)OC[C@H](COP(=O)(O)OC[C@H](O)COP(=O)(O)OC[C@@H](COC(=O)CCCCCCCCCCCCCCC(C)C)OC(=O)CCCCCCCCCCCCCCCCCCCCC(C)CC)OC(=O)CCCCCCCCCCCCC(C)C. The quantitative estimate of drug-likeness (QED) is 0.0222. The summed E-state index contributed by atoms with van der Waals surface area (Å²) in [6, 6.07) is 0. The third-order valence-electron chi connectivity index (χ3n) is 19.0. The predicted molar refractivity (Wildman–Crippen MR) is 405 cm³/mol. The Labute approximate surface area is 607 Å². The number of hydrogen-bond donors (Lipinski definition) is 3. The van der Waals surface area contributed by atoms with Gasteiger partial charge in [-0.1, -0.05) is 363 Å². The lowest BCUT2D eigenvalue weighted by Crippen LogP contribution is -2.30. The summed E-state index contributed by atoms with van der Waals surface area (Å²) in [7, 11) is -9.92. The minimum atomic E-state index is -4.96. The largest absolute Gasteiger partial charge is 0.472 e. The van der Waals surface area contributed by atoms with Crippen molar-refractivity contribution in [1.29, 1.82) is 0 Å². The molecule has 6 atom stereocenters. The Morgan fingerprint density at radius 3 is 0.768 bits per heavy atom. The molecule has 3 unspecified atom stereocenters. The molecule has 0 saturated heterocycles. The fraction of sp³-hybridized carbons (Fsp3) is 0.950. The maximum Gasteiger partial charge on any atom is 0.472 e. The van der Waals surface area contributed by atoms with E-state index in [0.717, 1.165) is 108 Å². The average Bonchev–Trinajstić information content (AvgIpc) is 1.58. The summed E-state index contributed by atoms with van der Waals surface area (Å²) in [4.78, 5) is 72.9. The molecule has 588 valence electrons. The Hall–Kier alpha value is -1.94. The topological polar surface area (TPSA) is 237 Å². The molecule has 0 bridgehead atoms. The standard InChI is InChI=1S/C80H156O17P2/c1-8-10-11-12-13-30-40-47-54-61-77(82)90-67-75(97-80(85)64-57-50-43-36-29-28-32-38-45-52-59-72(5)6)69-94-98(86,87)92-65-74(81)66-93-99(88,89)95-70-76(68-91-78(83)62-55-48-41-34-26-23-22-24-31-37-44-51-58-71(3)4)96-79(84)63-56-49-42-35-27-21-19-17-15-14-16-18-20-25-33-39-46-53-60-73(7)9-2/h71-76,81H,8-70H2,1-7H3,(H,86,87)(H,88,89)/t73?,74-,75+,76+/m0/s1. The van der Waals surface area contributed by atoms with Gasteiger partial charge >= 0.3 is 39.5 Å². The molecule has 0 aliphatic heterocycles. The number of unbranched alkanes of at least 4 members (excludes halogenated alkanes) is 45. The second kappa shape index (κ2) is 70.4. The number of phosphoric acid groups is 2. The first kappa shape index (κ1) is 97.1. The molecule has 0 saturated carbocycles. The molecular formula is C80H156O17P2. The van der Waals surface area contributed by atoms with Crippen molar-refractivity contribution in [3.63, 3.8) is 0 Å². The highest BCUT2D eigenvalue weighted by atomic mass is 31.2. The second-order valence-electron chi connectivity index (χ2n) is 30.0. The van der Waals surface area contributed by atoms with Crippen molar-refractivity contribution in [2.75, 3.05) is 39.6 Å². The summed E-state index contributed by atoms with van der Waals surface area (Å²) in [6.45, 7) is 12.0. The third-order valence-corrected chi connectivity index (χ3v) is 20.9. The summed E-state index contributed by atoms with van der Waals surface area (Å²) in [5, 5.41) is 10.6. The van der Waals surface area contributed by atoms with Crippen LogP contribution < -0.4 is 0 Å². The van der Waals surface area contributed by atoms with E-state index in [1.165, 1.54) is 225 Å². The molecule has 0 fully saturated rings. The van der Waals surface area contributed by atoms with Crippen LogP contribution in [0, 0.1) is 17.8 Å². The molecule has 99 heavy (non-hydrogen) atoms. The minimum absolute atomic E-state index is 0.106. The molecule has 0 aromatic heterocycles. The first-order valence-electron chi connectivity index (χ1n) is 41.4. The van der Waals surface area contributed by atoms with Gasteiger partial charge in [-0.05, 0) is 43.4 Å². The Morgan fingerprint density at radius 1 is 0.293 bits per heavy atom. The van der Waals surface area contributed by atoms with Crippen LogP contribution in [0.5, 0.6) is 0 Å². The zero-order chi connectivity index (χ0) is 73.0.